The van der Waals surface area contributed by atoms with Crippen molar-refractivity contribution in [2.75, 3.05) is 5.73 Å². The number of aromatic nitrogens is 2. The molecule has 1 heterocycles. The molecule has 21 heavy (non-hydrogen) atoms. The topological polar surface area (TPSA) is 114 Å². The molecule has 2 aromatic rings. The molecule has 0 bridgehead atoms. The van der Waals surface area contributed by atoms with E-state index in [2.05, 4.69) is 9.82 Å². The summed E-state index contributed by atoms with van der Waals surface area (Å²) in [7, 11) is -2.13. The van der Waals surface area contributed by atoms with Crippen molar-refractivity contribution in [1.29, 1.82) is 5.26 Å². The molecule has 0 saturated heterocycles. The van der Waals surface area contributed by atoms with E-state index >= 15 is 0 Å². The van der Waals surface area contributed by atoms with Crippen LogP contribution < -0.4 is 10.5 Å². The highest BCUT2D eigenvalue weighted by Crippen LogP contribution is 2.21. The van der Waals surface area contributed by atoms with Crippen molar-refractivity contribution < 1.29 is 8.42 Å². The molecule has 0 radical (unpaired) electrons. The van der Waals surface area contributed by atoms with Crippen molar-refractivity contribution >= 4 is 15.8 Å². The van der Waals surface area contributed by atoms with Gasteiger partial charge in [0.25, 0.3) is 0 Å². The zero-order valence-corrected chi connectivity index (χ0v) is 12.5. The van der Waals surface area contributed by atoms with Crippen molar-refractivity contribution in [3.63, 3.8) is 0 Å². The molecule has 0 atom stereocenters. The van der Waals surface area contributed by atoms with Gasteiger partial charge in [-0.3, -0.25) is 4.68 Å². The lowest BCUT2D eigenvalue weighted by molar-refractivity contribution is 0.580. The van der Waals surface area contributed by atoms with E-state index in [4.69, 9.17) is 11.0 Å². The summed E-state index contributed by atoms with van der Waals surface area (Å²) in [5.41, 5.74) is 7.28. The number of nitrogens with zero attached hydrogens (tertiary/aromatic N) is 3. The Morgan fingerprint density at radius 3 is 2.76 bits per heavy atom. The number of nitrogens with two attached hydrogens (primary N) is 1. The lowest BCUT2D eigenvalue weighted by Crippen LogP contribution is -2.24. The van der Waals surface area contributed by atoms with Crippen LogP contribution in [0.15, 0.2) is 29.2 Å². The molecule has 7 nitrogen and oxygen atoms in total. The van der Waals surface area contributed by atoms with Gasteiger partial charge in [-0.2, -0.15) is 10.4 Å². The Balaban J connectivity index is 2.24. The summed E-state index contributed by atoms with van der Waals surface area (Å²) in [4.78, 5) is -0.0126. The van der Waals surface area contributed by atoms with Crippen LogP contribution in [0.5, 0.6) is 0 Å². The molecule has 1 aromatic heterocycles. The molecule has 8 heteroatoms. The molecule has 110 valence electrons. The Labute approximate surface area is 123 Å². The second-order valence-corrected chi connectivity index (χ2v) is 6.26. The smallest absolute Gasteiger partial charge is 0.246 e. The van der Waals surface area contributed by atoms with Gasteiger partial charge < -0.3 is 5.73 Å². The van der Waals surface area contributed by atoms with Crippen LogP contribution in [0.2, 0.25) is 0 Å². The quantitative estimate of drug-likeness (QED) is 0.861. The van der Waals surface area contributed by atoms with E-state index in [0.717, 1.165) is 0 Å². The minimum atomic E-state index is -3.76. The van der Waals surface area contributed by atoms with Gasteiger partial charge in [-0.1, -0.05) is 12.1 Å². The second-order valence-electron chi connectivity index (χ2n) is 4.56. The van der Waals surface area contributed by atoms with Crippen LogP contribution in [-0.4, -0.2) is 18.2 Å². The fourth-order valence-corrected chi connectivity index (χ4v) is 3.29. The van der Waals surface area contributed by atoms with Gasteiger partial charge in [0.1, 0.15) is 4.90 Å². The molecule has 0 unspecified atom stereocenters. The number of nitriles is 1. The molecule has 0 saturated carbocycles. The maximum atomic E-state index is 12.3. The summed E-state index contributed by atoms with van der Waals surface area (Å²) in [6.07, 6.45) is 0. The van der Waals surface area contributed by atoms with Crippen LogP contribution in [0.25, 0.3) is 0 Å². The molecule has 0 aliphatic carbocycles. The highest BCUT2D eigenvalue weighted by molar-refractivity contribution is 7.89. The predicted molar refractivity (Wildman–Crippen MR) is 77.5 cm³/mol. The van der Waals surface area contributed by atoms with Crippen LogP contribution in [-0.2, 0) is 23.6 Å². The van der Waals surface area contributed by atoms with Crippen molar-refractivity contribution in [1.82, 2.24) is 14.5 Å². The minimum Gasteiger partial charge on any atom is -0.381 e. The molecule has 1 aromatic carbocycles. The van der Waals surface area contributed by atoms with E-state index in [9.17, 15) is 8.42 Å². The molecular formula is C13H15N5O2S. The van der Waals surface area contributed by atoms with E-state index in [1.807, 2.05) is 6.07 Å². The third-order valence-corrected chi connectivity index (χ3v) is 4.66. The number of rotatable bonds is 4. The molecule has 0 fully saturated rings. The van der Waals surface area contributed by atoms with E-state index in [1.54, 1.807) is 38.2 Å². The Morgan fingerprint density at radius 1 is 1.48 bits per heavy atom. The first kappa shape index (κ1) is 15.0. The van der Waals surface area contributed by atoms with Gasteiger partial charge in [0.2, 0.25) is 10.0 Å². The SMILES string of the molecule is Cc1c(S(=O)(=O)NCc2cccc(C#N)c2)c(N)nn1C. The highest BCUT2D eigenvalue weighted by atomic mass is 32.2. The standard InChI is InChI=1S/C13H15N5O2S/c1-9-12(13(15)17-18(9)2)21(19,20)16-8-11-5-3-4-10(6-11)7-14/h3-6,16H,8H2,1-2H3,(H2,15,17). The van der Waals surface area contributed by atoms with Crippen LogP contribution in [0.4, 0.5) is 5.82 Å². The number of aryl methyl sites for hydroxylation is 1. The van der Waals surface area contributed by atoms with Crippen molar-refractivity contribution in [2.45, 2.75) is 18.4 Å². The van der Waals surface area contributed by atoms with Gasteiger partial charge >= 0.3 is 0 Å². The zero-order valence-electron chi connectivity index (χ0n) is 11.7. The van der Waals surface area contributed by atoms with Gasteiger partial charge in [0.05, 0.1) is 17.3 Å². The lowest BCUT2D eigenvalue weighted by Gasteiger charge is -2.07. The number of hydrogen-bond donors (Lipinski definition) is 2. The Kier molecular flexibility index (Phi) is 3.97. The first-order valence-electron chi connectivity index (χ1n) is 6.13. The van der Waals surface area contributed by atoms with Gasteiger partial charge in [0, 0.05) is 13.6 Å². The number of nitrogen functional groups attached to an aromatic ring is 1. The monoisotopic (exact) mass is 305 g/mol. The molecule has 2 rings (SSSR count). The van der Waals surface area contributed by atoms with Crippen LogP contribution in [0, 0.1) is 18.3 Å². The fraction of sp³-hybridized carbons (Fsp3) is 0.231. The summed E-state index contributed by atoms with van der Waals surface area (Å²) >= 11 is 0. The lowest BCUT2D eigenvalue weighted by atomic mass is 10.1. The molecule has 0 amide bonds. The first-order valence-corrected chi connectivity index (χ1v) is 7.61. The van der Waals surface area contributed by atoms with Crippen LogP contribution in [0.3, 0.4) is 0 Å². The summed E-state index contributed by atoms with van der Waals surface area (Å²) in [5.74, 6) is -0.0340. The number of anilines is 1. The largest absolute Gasteiger partial charge is 0.381 e. The Morgan fingerprint density at radius 2 is 2.19 bits per heavy atom. The third-order valence-electron chi connectivity index (χ3n) is 3.10. The number of benzene rings is 1. The van der Waals surface area contributed by atoms with Crippen molar-refractivity contribution in [2.24, 2.45) is 7.05 Å². The van der Waals surface area contributed by atoms with Gasteiger partial charge in [0.15, 0.2) is 5.82 Å². The summed E-state index contributed by atoms with van der Waals surface area (Å²) in [6.45, 7) is 1.71. The minimum absolute atomic E-state index is 0.0126. The van der Waals surface area contributed by atoms with Crippen molar-refractivity contribution in [3.05, 3.63) is 41.1 Å². The van der Waals surface area contributed by atoms with Crippen LogP contribution in [0.1, 0.15) is 16.8 Å². The van der Waals surface area contributed by atoms with E-state index in [0.29, 0.717) is 16.8 Å². The molecule has 0 spiro atoms. The van der Waals surface area contributed by atoms with Gasteiger partial charge in [-0.05, 0) is 24.6 Å². The van der Waals surface area contributed by atoms with E-state index in [1.165, 1.54) is 4.68 Å². The van der Waals surface area contributed by atoms with Gasteiger partial charge in [-0.25, -0.2) is 13.1 Å². The number of hydrogen-bond acceptors (Lipinski definition) is 5. The highest BCUT2D eigenvalue weighted by Gasteiger charge is 2.24. The Hall–Kier alpha value is -2.37. The molecular weight excluding hydrogens is 290 g/mol. The average molecular weight is 305 g/mol. The fourth-order valence-electron chi connectivity index (χ4n) is 1.95. The first-order chi connectivity index (χ1) is 9.85. The average Bonchev–Trinajstić information content (AvgIpc) is 2.71. The number of nitrogens with one attached hydrogen (secondary N) is 1. The van der Waals surface area contributed by atoms with Gasteiger partial charge in [-0.15, -0.1) is 0 Å². The Bertz CT molecular complexity index is 818. The van der Waals surface area contributed by atoms with E-state index in [-0.39, 0.29) is 17.3 Å². The summed E-state index contributed by atoms with van der Waals surface area (Å²) in [6, 6.07) is 8.73. The van der Waals surface area contributed by atoms with Crippen molar-refractivity contribution in [3.8, 4) is 6.07 Å². The normalized spacial score (nSPS) is 11.3. The van der Waals surface area contributed by atoms with E-state index < -0.39 is 10.0 Å². The molecule has 3 N–H and O–H groups in total. The maximum absolute atomic E-state index is 12.3. The van der Waals surface area contributed by atoms with Crippen LogP contribution >= 0.6 is 0 Å². The molecule has 0 aliphatic rings. The summed E-state index contributed by atoms with van der Waals surface area (Å²) in [5, 5.41) is 12.7. The zero-order chi connectivity index (χ0) is 15.6. The second kappa shape index (κ2) is 5.55. The molecule has 0 aliphatic heterocycles. The third kappa shape index (κ3) is 3.04. The number of sulfonamides is 1. The summed E-state index contributed by atoms with van der Waals surface area (Å²) < 4.78 is 28.5. The predicted octanol–water partition coefficient (Wildman–Crippen LogP) is 0.661. The maximum Gasteiger partial charge on any atom is 0.246 e.